The molecule has 1 aromatic heterocycles. The number of nitrogens with one attached hydrogen (secondary N) is 1. The fourth-order valence-electron chi connectivity index (χ4n) is 6.08. The maximum absolute atomic E-state index is 7.37. The fourth-order valence-corrected chi connectivity index (χ4v) is 6.08. The highest BCUT2D eigenvalue weighted by Gasteiger charge is 2.46. The van der Waals surface area contributed by atoms with Crippen LogP contribution in [0.15, 0.2) is 91.1 Å². The molecule has 5 rings (SSSR count). The predicted molar refractivity (Wildman–Crippen MR) is 138 cm³/mol. The summed E-state index contributed by atoms with van der Waals surface area (Å²) in [6, 6.07) is 30.5. The maximum Gasteiger partial charge on any atom is 0.0456 e. The molecule has 1 atom stereocenters. The van der Waals surface area contributed by atoms with E-state index in [1.165, 1.54) is 27.6 Å². The van der Waals surface area contributed by atoms with Crippen molar-refractivity contribution in [1.29, 1.82) is 0 Å². The molecule has 33 heavy (non-hydrogen) atoms. The second-order valence-corrected chi connectivity index (χ2v) is 10.1. The first-order valence-corrected chi connectivity index (χ1v) is 12.1. The lowest BCUT2D eigenvalue weighted by Crippen LogP contribution is -2.55. The van der Waals surface area contributed by atoms with Crippen molar-refractivity contribution in [3.8, 4) is 0 Å². The van der Waals surface area contributed by atoms with Crippen molar-refractivity contribution in [2.75, 3.05) is 14.1 Å². The molecule has 1 aliphatic carbocycles. The molecule has 1 heterocycles. The Labute approximate surface area is 197 Å². The van der Waals surface area contributed by atoms with Gasteiger partial charge in [0.2, 0.25) is 0 Å². The molecule has 0 amide bonds. The number of rotatable bonds is 6. The van der Waals surface area contributed by atoms with Crippen molar-refractivity contribution < 1.29 is 0 Å². The van der Waals surface area contributed by atoms with E-state index in [4.69, 9.17) is 5.73 Å². The van der Waals surface area contributed by atoms with Crippen molar-refractivity contribution in [2.24, 2.45) is 5.73 Å². The van der Waals surface area contributed by atoms with Crippen molar-refractivity contribution >= 4 is 10.9 Å². The lowest BCUT2D eigenvalue weighted by Gasteiger charge is -2.51. The molecule has 3 aromatic carbocycles. The first-order valence-electron chi connectivity index (χ1n) is 12.1. The summed E-state index contributed by atoms with van der Waals surface area (Å²) in [5, 5.41) is 1.31. The average molecular weight is 438 g/mol. The van der Waals surface area contributed by atoms with Crippen LogP contribution in [0.2, 0.25) is 0 Å². The van der Waals surface area contributed by atoms with Gasteiger partial charge in [-0.05, 0) is 69.0 Å². The Morgan fingerprint density at radius 2 is 1.42 bits per heavy atom. The van der Waals surface area contributed by atoms with Crippen molar-refractivity contribution in [3.05, 3.63) is 108 Å². The summed E-state index contributed by atoms with van der Waals surface area (Å²) >= 11 is 0. The summed E-state index contributed by atoms with van der Waals surface area (Å²) in [6.45, 7) is 0. The summed E-state index contributed by atoms with van der Waals surface area (Å²) in [6.07, 6.45) is 7.27. The molecular weight excluding hydrogens is 402 g/mol. The zero-order valence-electron chi connectivity index (χ0n) is 19.8. The van der Waals surface area contributed by atoms with Gasteiger partial charge in [-0.2, -0.15) is 0 Å². The van der Waals surface area contributed by atoms with E-state index in [2.05, 4.69) is 115 Å². The van der Waals surface area contributed by atoms with E-state index in [1.54, 1.807) is 0 Å². The molecule has 1 fully saturated rings. The minimum absolute atomic E-state index is 0.0478. The van der Waals surface area contributed by atoms with Crippen molar-refractivity contribution in [2.45, 2.75) is 49.1 Å². The van der Waals surface area contributed by atoms with E-state index in [9.17, 15) is 0 Å². The topological polar surface area (TPSA) is 45.0 Å². The van der Waals surface area contributed by atoms with Crippen LogP contribution in [-0.4, -0.2) is 29.5 Å². The molecule has 0 spiro atoms. The van der Waals surface area contributed by atoms with Gasteiger partial charge in [0.15, 0.2) is 0 Å². The molecule has 170 valence electrons. The van der Waals surface area contributed by atoms with Gasteiger partial charge in [-0.1, -0.05) is 78.9 Å². The normalized spacial score (nSPS) is 24.2. The van der Waals surface area contributed by atoms with Crippen LogP contribution in [0.4, 0.5) is 0 Å². The van der Waals surface area contributed by atoms with Crippen molar-refractivity contribution in [1.82, 2.24) is 9.88 Å². The second-order valence-electron chi connectivity index (χ2n) is 10.1. The van der Waals surface area contributed by atoms with Crippen LogP contribution in [-0.2, 0) is 12.0 Å². The van der Waals surface area contributed by atoms with E-state index in [-0.39, 0.29) is 17.0 Å². The van der Waals surface area contributed by atoms with Crippen LogP contribution < -0.4 is 5.73 Å². The molecule has 3 heteroatoms. The number of para-hydroxylation sites is 1. The van der Waals surface area contributed by atoms with Gasteiger partial charge in [0.25, 0.3) is 0 Å². The molecular formula is C30H35N3. The number of H-pyrrole nitrogens is 1. The highest BCUT2D eigenvalue weighted by Crippen LogP contribution is 2.49. The zero-order valence-corrected chi connectivity index (χ0v) is 19.8. The van der Waals surface area contributed by atoms with Crippen LogP contribution in [0, 0.1) is 0 Å². The highest BCUT2D eigenvalue weighted by molar-refractivity contribution is 5.83. The third-order valence-electron chi connectivity index (χ3n) is 8.17. The number of benzene rings is 3. The second kappa shape index (κ2) is 8.81. The molecule has 0 aliphatic heterocycles. The number of nitrogens with zero attached hydrogens (tertiary/aromatic N) is 1. The number of aromatic amines is 1. The van der Waals surface area contributed by atoms with Crippen LogP contribution in [0.5, 0.6) is 0 Å². The maximum atomic E-state index is 7.37. The lowest BCUT2D eigenvalue weighted by atomic mass is 9.62. The molecule has 4 aromatic rings. The summed E-state index contributed by atoms with van der Waals surface area (Å²) in [4.78, 5) is 5.88. The van der Waals surface area contributed by atoms with E-state index in [0.717, 1.165) is 32.1 Å². The van der Waals surface area contributed by atoms with Gasteiger partial charge in [-0.3, -0.25) is 4.90 Å². The largest absolute Gasteiger partial charge is 0.361 e. The third kappa shape index (κ3) is 4.01. The smallest absolute Gasteiger partial charge is 0.0456 e. The molecule has 1 unspecified atom stereocenters. The third-order valence-corrected chi connectivity index (χ3v) is 8.17. The number of nitrogens with two attached hydrogens (primary N) is 1. The first-order chi connectivity index (χ1) is 16.0. The molecule has 0 radical (unpaired) electrons. The summed E-state index contributed by atoms with van der Waals surface area (Å²) in [5.74, 6) is 0.272. The summed E-state index contributed by atoms with van der Waals surface area (Å²) < 4.78 is 0. The molecule has 3 nitrogen and oxygen atoms in total. The standard InChI is InChI=1S/C30H35N3/c1-33(2)30(25-13-7-4-8-14-25)19-17-29(31,18-20-30)27(23-11-5-3-6-12-23)21-24-22-32-28-16-10-9-15-26(24)28/h3-16,22,27,32H,17-21,31H2,1-2H3. The average Bonchev–Trinajstić information content (AvgIpc) is 3.27. The number of hydrogen-bond acceptors (Lipinski definition) is 2. The quantitative estimate of drug-likeness (QED) is 0.376. The highest BCUT2D eigenvalue weighted by atomic mass is 15.1. The van der Waals surface area contributed by atoms with Gasteiger partial charge < -0.3 is 10.7 Å². The molecule has 1 saturated carbocycles. The van der Waals surface area contributed by atoms with E-state index >= 15 is 0 Å². The van der Waals surface area contributed by atoms with E-state index in [0.29, 0.717) is 0 Å². The van der Waals surface area contributed by atoms with Gasteiger partial charge in [0.1, 0.15) is 0 Å². The Bertz CT molecular complexity index is 1180. The predicted octanol–water partition coefficient (Wildman–Crippen LogP) is 6.22. The van der Waals surface area contributed by atoms with Gasteiger partial charge >= 0.3 is 0 Å². The van der Waals surface area contributed by atoms with Gasteiger partial charge in [-0.25, -0.2) is 0 Å². The Morgan fingerprint density at radius 1 is 0.818 bits per heavy atom. The first kappa shape index (κ1) is 21.9. The van der Waals surface area contributed by atoms with Crippen molar-refractivity contribution in [3.63, 3.8) is 0 Å². The SMILES string of the molecule is CN(C)C1(c2ccccc2)CCC(N)(C(Cc2c[nH]c3ccccc23)c2ccccc2)CC1. The molecule has 3 N–H and O–H groups in total. The molecule has 1 aliphatic rings. The van der Waals surface area contributed by atoms with Gasteiger partial charge in [-0.15, -0.1) is 0 Å². The van der Waals surface area contributed by atoms with E-state index in [1.807, 2.05) is 0 Å². The minimum atomic E-state index is -0.242. The summed E-state index contributed by atoms with van der Waals surface area (Å²) in [7, 11) is 4.44. The Kier molecular flexibility index (Phi) is 5.86. The minimum Gasteiger partial charge on any atom is -0.361 e. The van der Waals surface area contributed by atoms with E-state index < -0.39 is 0 Å². The Morgan fingerprint density at radius 3 is 2.09 bits per heavy atom. The zero-order chi connectivity index (χ0) is 22.9. The van der Waals surface area contributed by atoms with Crippen LogP contribution in [0.25, 0.3) is 10.9 Å². The monoisotopic (exact) mass is 437 g/mol. The molecule has 0 bridgehead atoms. The van der Waals surface area contributed by atoms with Crippen LogP contribution >= 0.6 is 0 Å². The summed E-state index contributed by atoms with van der Waals surface area (Å²) in [5.41, 5.74) is 12.5. The Hall–Kier alpha value is -2.88. The van der Waals surface area contributed by atoms with Crippen LogP contribution in [0.3, 0.4) is 0 Å². The number of fused-ring (bicyclic) bond motifs is 1. The Balaban J connectivity index is 1.48. The number of aromatic nitrogens is 1. The molecule has 0 saturated heterocycles. The lowest BCUT2D eigenvalue weighted by molar-refractivity contribution is 0.0582. The number of hydrogen-bond donors (Lipinski definition) is 2. The fraction of sp³-hybridized carbons (Fsp3) is 0.333. The van der Waals surface area contributed by atoms with Gasteiger partial charge in [0.05, 0.1) is 0 Å². The van der Waals surface area contributed by atoms with Gasteiger partial charge in [0, 0.05) is 34.1 Å². The van der Waals surface area contributed by atoms with Crippen LogP contribution in [0.1, 0.15) is 48.3 Å².